The van der Waals surface area contributed by atoms with Crippen molar-refractivity contribution in [1.29, 1.82) is 0 Å². The van der Waals surface area contributed by atoms with Crippen molar-refractivity contribution in [2.45, 2.75) is 30.4 Å². The lowest BCUT2D eigenvalue weighted by atomic mass is 10.2. The van der Waals surface area contributed by atoms with Crippen LogP contribution in [-0.4, -0.2) is 50.8 Å². The van der Waals surface area contributed by atoms with Gasteiger partial charge in [-0.15, -0.1) is 11.8 Å². The summed E-state index contributed by atoms with van der Waals surface area (Å²) < 4.78 is 22.6. The van der Waals surface area contributed by atoms with E-state index >= 15 is 0 Å². The number of aliphatic imine (C=N–C) groups is 1. The second kappa shape index (κ2) is 9.53. The summed E-state index contributed by atoms with van der Waals surface area (Å²) in [6, 6.07) is 7.72. The second-order valence-electron chi connectivity index (χ2n) is 5.96. The molecular weight excluding hydrogens is 366 g/mol. The molecule has 0 atom stereocenters. The van der Waals surface area contributed by atoms with Crippen LogP contribution in [0.1, 0.15) is 20.8 Å². The summed E-state index contributed by atoms with van der Waals surface area (Å²) in [4.78, 5) is 5.55. The molecule has 136 valence electrons. The first-order valence-corrected chi connectivity index (χ1v) is 11.0. The van der Waals surface area contributed by atoms with Gasteiger partial charge in [0.15, 0.2) is 15.8 Å². The molecule has 2 N–H and O–H groups in total. The van der Waals surface area contributed by atoms with Crippen molar-refractivity contribution < 1.29 is 8.42 Å². The maximum Gasteiger partial charge on any atom is 0.191 e. The predicted octanol–water partition coefficient (Wildman–Crippen LogP) is 2.81. The van der Waals surface area contributed by atoms with Crippen molar-refractivity contribution in [3.8, 4) is 0 Å². The molecule has 0 aliphatic rings. The molecule has 0 saturated heterocycles. The molecule has 0 aliphatic carbocycles. The van der Waals surface area contributed by atoms with Crippen molar-refractivity contribution in [3.63, 3.8) is 0 Å². The maximum absolute atomic E-state index is 11.7. The average Bonchev–Trinajstić information content (AvgIpc) is 2.49. The zero-order valence-electron chi connectivity index (χ0n) is 14.6. The van der Waals surface area contributed by atoms with E-state index < -0.39 is 14.6 Å². The van der Waals surface area contributed by atoms with Gasteiger partial charge < -0.3 is 10.6 Å². The van der Waals surface area contributed by atoms with Gasteiger partial charge in [0.05, 0.1) is 11.3 Å². The van der Waals surface area contributed by atoms with E-state index in [0.717, 1.165) is 28.8 Å². The molecule has 0 saturated carbocycles. The molecule has 0 spiro atoms. The number of nitrogens with zero attached hydrogens (tertiary/aromatic N) is 1. The van der Waals surface area contributed by atoms with E-state index in [4.69, 9.17) is 11.6 Å². The normalized spacial score (nSPS) is 13.0. The van der Waals surface area contributed by atoms with Gasteiger partial charge in [-0.2, -0.15) is 0 Å². The molecule has 0 aromatic heterocycles. The number of guanidine groups is 1. The lowest BCUT2D eigenvalue weighted by molar-refractivity contribution is 0.554. The van der Waals surface area contributed by atoms with Gasteiger partial charge in [-0.3, -0.25) is 4.99 Å². The summed E-state index contributed by atoms with van der Waals surface area (Å²) in [5.41, 5.74) is 0. The first-order valence-electron chi connectivity index (χ1n) is 7.76. The van der Waals surface area contributed by atoms with Crippen LogP contribution in [0.3, 0.4) is 0 Å². The van der Waals surface area contributed by atoms with Crippen molar-refractivity contribution in [2.24, 2.45) is 4.99 Å². The second-order valence-corrected chi connectivity index (χ2v) is 10.2. The molecule has 0 aliphatic heterocycles. The van der Waals surface area contributed by atoms with Crippen LogP contribution < -0.4 is 10.6 Å². The number of nitrogens with one attached hydrogen (secondary N) is 2. The highest BCUT2D eigenvalue weighted by molar-refractivity contribution is 7.99. The largest absolute Gasteiger partial charge is 0.357 e. The van der Waals surface area contributed by atoms with E-state index in [1.165, 1.54) is 6.26 Å². The maximum atomic E-state index is 11.7. The number of hydrogen-bond donors (Lipinski definition) is 2. The molecule has 5 nitrogen and oxygen atoms in total. The number of rotatable bonds is 8. The van der Waals surface area contributed by atoms with Gasteiger partial charge in [0.2, 0.25) is 0 Å². The highest BCUT2D eigenvalue weighted by Gasteiger charge is 2.29. The Morgan fingerprint density at radius 3 is 2.42 bits per heavy atom. The molecule has 0 heterocycles. The van der Waals surface area contributed by atoms with Crippen LogP contribution in [0.5, 0.6) is 0 Å². The van der Waals surface area contributed by atoms with Crippen LogP contribution in [0.2, 0.25) is 5.02 Å². The fourth-order valence-electron chi connectivity index (χ4n) is 1.60. The van der Waals surface area contributed by atoms with E-state index in [2.05, 4.69) is 15.6 Å². The number of thioether (sulfide) groups is 1. The Balaban J connectivity index is 2.51. The Bertz CT molecular complexity index is 644. The van der Waals surface area contributed by atoms with Gasteiger partial charge in [-0.05, 0) is 45.0 Å². The van der Waals surface area contributed by atoms with Crippen LogP contribution in [0.15, 0.2) is 34.2 Å². The first kappa shape index (κ1) is 21.1. The highest BCUT2D eigenvalue weighted by atomic mass is 35.5. The molecule has 0 fully saturated rings. The Morgan fingerprint density at radius 1 is 1.25 bits per heavy atom. The quantitative estimate of drug-likeness (QED) is 0.308. The lowest BCUT2D eigenvalue weighted by Gasteiger charge is -2.21. The molecule has 0 bridgehead atoms. The van der Waals surface area contributed by atoms with Gasteiger partial charge in [0.25, 0.3) is 0 Å². The number of halogens is 1. The smallest absolute Gasteiger partial charge is 0.191 e. The van der Waals surface area contributed by atoms with Crippen LogP contribution in [0.4, 0.5) is 0 Å². The predicted molar refractivity (Wildman–Crippen MR) is 105 cm³/mol. The third kappa shape index (κ3) is 7.32. The molecular formula is C16H26ClN3O2S2. The van der Waals surface area contributed by atoms with Crippen LogP contribution >= 0.6 is 23.4 Å². The van der Waals surface area contributed by atoms with E-state index in [-0.39, 0.29) is 6.54 Å². The minimum Gasteiger partial charge on any atom is -0.357 e. The summed E-state index contributed by atoms with van der Waals surface area (Å²) >= 11 is 7.58. The Morgan fingerprint density at radius 2 is 1.88 bits per heavy atom. The summed E-state index contributed by atoms with van der Waals surface area (Å²) in [5.74, 6) is 1.49. The van der Waals surface area contributed by atoms with E-state index in [1.807, 2.05) is 31.2 Å². The Labute approximate surface area is 154 Å². The molecule has 0 radical (unpaired) electrons. The van der Waals surface area contributed by atoms with Crippen LogP contribution in [-0.2, 0) is 9.84 Å². The topological polar surface area (TPSA) is 70.6 Å². The Hall–Kier alpha value is -0.920. The average molecular weight is 392 g/mol. The van der Waals surface area contributed by atoms with Crippen molar-refractivity contribution in [2.75, 3.05) is 31.6 Å². The van der Waals surface area contributed by atoms with Gasteiger partial charge in [-0.1, -0.05) is 11.6 Å². The fraction of sp³-hybridized carbons (Fsp3) is 0.562. The van der Waals surface area contributed by atoms with Crippen molar-refractivity contribution in [3.05, 3.63) is 29.3 Å². The van der Waals surface area contributed by atoms with Crippen molar-refractivity contribution >= 4 is 39.2 Å². The van der Waals surface area contributed by atoms with Gasteiger partial charge in [0.1, 0.15) is 0 Å². The highest BCUT2D eigenvalue weighted by Crippen LogP contribution is 2.19. The summed E-state index contributed by atoms with van der Waals surface area (Å²) in [5, 5.41) is 7.08. The SMILES string of the molecule is CCNC(=NCC(C)(C)S(C)(=O)=O)NCCSc1ccc(Cl)cc1. The lowest BCUT2D eigenvalue weighted by Crippen LogP contribution is -2.41. The zero-order chi connectivity index (χ0) is 18.2. The van der Waals surface area contributed by atoms with E-state index in [9.17, 15) is 8.42 Å². The number of hydrogen-bond acceptors (Lipinski definition) is 4. The van der Waals surface area contributed by atoms with E-state index in [1.54, 1.807) is 25.6 Å². The van der Waals surface area contributed by atoms with Gasteiger partial charge in [0, 0.05) is 35.0 Å². The van der Waals surface area contributed by atoms with Crippen molar-refractivity contribution in [1.82, 2.24) is 10.6 Å². The van der Waals surface area contributed by atoms with Crippen LogP contribution in [0, 0.1) is 0 Å². The third-order valence-electron chi connectivity index (χ3n) is 3.44. The summed E-state index contributed by atoms with van der Waals surface area (Å²) in [6.45, 7) is 7.00. The molecule has 1 rings (SSSR count). The minimum atomic E-state index is -3.16. The van der Waals surface area contributed by atoms with Gasteiger partial charge >= 0.3 is 0 Å². The van der Waals surface area contributed by atoms with E-state index in [0.29, 0.717) is 5.96 Å². The first-order chi connectivity index (χ1) is 11.2. The molecule has 0 amide bonds. The number of sulfone groups is 1. The number of benzene rings is 1. The molecule has 1 aromatic rings. The Kier molecular flexibility index (Phi) is 8.39. The summed E-state index contributed by atoms with van der Waals surface area (Å²) in [6.07, 6.45) is 1.24. The standard InChI is InChI=1S/C16H26ClN3O2S2/c1-5-18-15(20-12-16(2,3)24(4,21)22)19-10-11-23-14-8-6-13(17)7-9-14/h6-9H,5,10-12H2,1-4H3,(H2,18,19,20). The molecule has 8 heteroatoms. The third-order valence-corrected chi connectivity index (χ3v) is 6.85. The zero-order valence-corrected chi connectivity index (χ0v) is 17.0. The fourth-order valence-corrected chi connectivity index (χ4v) is 2.79. The molecule has 1 aromatic carbocycles. The summed E-state index contributed by atoms with van der Waals surface area (Å²) in [7, 11) is -3.16. The minimum absolute atomic E-state index is 0.214. The molecule has 0 unspecified atom stereocenters. The monoisotopic (exact) mass is 391 g/mol. The van der Waals surface area contributed by atoms with Crippen LogP contribution in [0.25, 0.3) is 0 Å². The molecule has 24 heavy (non-hydrogen) atoms. The van der Waals surface area contributed by atoms with Gasteiger partial charge in [-0.25, -0.2) is 8.42 Å².